The molecule has 0 aromatic rings. The van der Waals surface area contributed by atoms with Crippen LogP contribution in [-0.4, -0.2) is 37.0 Å². The van der Waals surface area contributed by atoms with E-state index >= 15 is 0 Å². The van der Waals surface area contributed by atoms with Crippen molar-refractivity contribution < 1.29 is 4.79 Å². The molecule has 2 saturated heterocycles. The number of likely N-dealkylation sites (tertiary alicyclic amines) is 1. The van der Waals surface area contributed by atoms with E-state index in [1.165, 1.54) is 6.42 Å². The van der Waals surface area contributed by atoms with Crippen molar-refractivity contribution >= 4 is 5.91 Å². The number of carbonyl (C=O) groups excluding carboxylic acids is 1. The molecule has 3 heteroatoms. The summed E-state index contributed by atoms with van der Waals surface area (Å²) in [5.41, 5.74) is 0. The van der Waals surface area contributed by atoms with Crippen LogP contribution in [0.1, 0.15) is 26.7 Å². The lowest BCUT2D eigenvalue weighted by Crippen LogP contribution is -2.45. The summed E-state index contributed by atoms with van der Waals surface area (Å²) < 4.78 is 0. The Morgan fingerprint density at radius 2 is 2.20 bits per heavy atom. The second-order valence-corrected chi connectivity index (χ2v) is 5.36. The first-order valence-corrected chi connectivity index (χ1v) is 6.15. The second kappa shape index (κ2) is 4.52. The Hall–Kier alpha value is -0.570. The third-order valence-corrected chi connectivity index (χ3v) is 3.85. The van der Waals surface area contributed by atoms with Gasteiger partial charge in [-0.3, -0.25) is 4.79 Å². The maximum Gasteiger partial charge on any atom is 0.222 e. The van der Waals surface area contributed by atoms with Crippen LogP contribution in [-0.2, 0) is 4.79 Å². The average Bonchev–Trinajstić information content (AvgIpc) is 2.59. The molecule has 2 rings (SSSR count). The second-order valence-electron chi connectivity index (χ2n) is 5.36. The van der Waals surface area contributed by atoms with Gasteiger partial charge in [0.1, 0.15) is 0 Å². The quantitative estimate of drug-likeness (QED) is 0.756. The smallest absolute Gasteiger partial charge is 0.222 e. The third kappa shape index (κ3) is 2.51. The largest absolute Gasteiger partial charge is 0.342 e. The zero-order chi connectivity index (χ0) is 10.8. The van der Waals surface area contributed by atoms with E-state index in [4.69, 9.17) is 0 Å². The number of carbonyl (C=O) groups is 1. The lowest BCUT2D eigenvalue weighted by molar-refractivity contribution is -0.131. The fourth-order valence-corrected chi connectivity index (χ4v) is 2.43. The Kier molecular flexibility index (Phi) is 3.29. The lowest BCUT2D eigenvalue weighted by atomic mass is 9.95. The van der Waals surface area contributed by atoms with Crippen molar-refractivity contribution in [3.63, 3.8) is 0 Å². The molecule has 0 aliphatic carbocycles. The first-order chi connectivity index (χ1) is 7.16. The Morgan fingerprint density at radius 1 is 1.47 bits per heavy atom. The minimum absolute atomic E-state index is 0.379. The van der Waals surface area contributed by atoms with Gasteiger partial charge >= 0.3 is 0 Å². The van der Waals surface area contributed by atoms with Crippen LogP contribution in [0, 0.1) is 17.8 Å². The first kappa shape index (κ1) is 10.9. The number of amides is 1. The predicted molar refractivity (Wildman–Crippen MR) is 60.5 cm³/mol. The van der Waals surface area contributed by atoms with Crippen molar-refractivity contribution in [1.29, 1.82) is 0 Å². The van der Waals surface area contributed by atoms with Crippen LogP contribution >= 0.6 is 0 Å². The van der Waals surface area contributed by atoms with E-state index < -0.39 is 0 Å². The normalized spacial score (nSPS) is 27.1. The van der Waals surface area contributed by atoms with Crippen LogP contribution < -0.4 is 5.32 Å². The van der Waals surface area contributed by atoms with Gasteiger partial charge in [-0.05, 0) is 37.3 Å². The summed E-state index contributed by atoms with van der Waals surface area (Å²) in [4.78, 5) is 14.0. The van der Waals surface area contributed by atoms with Crippen molar-refractivity contribution in [1.82, 2.24) is 10.2 Å². The van der Waals surface area contributed by atoms with E-state index in [1.54, 1.807) is 0 Å². The minimum atomic E-state index is 0.379. The Bertz CT molecular complexity index is 236. The van der Waals surface area contributed by atoms with Crippen LogP contribution in [0.15, 0.2) is 0 Å². The molecule has 86 valence electrons. The highest BCUT2D eigenvalue weighted by molar-refractivity contribution is 5.76. The summed E-state index contributed by atoms with van der Waals surface area (Å²) in [6.07, 6.45) is 1.96. The summed E-state index contributed by atoms with van der Waals surface area (Å²) >= 11 is 0. The van der Waals surface area contributed by atoms with E-state index in [9.17, 15) is 4.79 Å². The number of nitrogens with one attached hydrogen (secondary N) is 1. The fourth-order valence-electron chi connectivity index (χ4n) is 2.43. The monoisotopic (exact) mass is 210 g/mol. The number of hydrogen-bond donors (Lipinski definition) is 1. The van der Waals surface area contributed by atoms with E-state index in [1.807, 2.05) is 0 Å². The van der Waals surface area contributed by atoms with Crippen LogP contribution in [0.3, 0.4) is 0 Å². The van der Waals surface area contributed by atoms with Gasteiger partial charge in [0, 0.05) is 19.5 Å². The van der Waals surface area contributed by atoms with Crippen molar-refractivity contribution in [2.75, 3.05) is 26.2 Å². The summed E-state index contributed by atoms with van der Waals surface area (Å²) in [6.45, 7) is 8.57. The molecular weight excluding hydrogens is 188 g/mol. The van der Waals surface area contributed by atoms with Gasteiger partial charge in [-0.25, -0.2) is 0 Å². The lowest BCUT2D eigenvalue weighted by Gasteiger charge is -2.28. The van der Waals surface area contributed by atoms with Crippen LogP contribution in [0.25, 0.3) is 0 Å². The van der Waals surface area contributed by atoms with Gasteiger partial charge in [0.15, 0.2) is 0 Å². The molecule has 0 aromatic carbocycles. The third-order valence-electron chi connectivity index (χ3n) is 3.85. The highest BCUT2D eigenvalue weighted by Crippen LogP contribution is 2.24. The van der Waals surface area contributed by atoms with Gasteiger partial charge in [0.05, 0.1) is 0 Å². The average molecular weight is 210 g/mol. The zero-order valence-electron chi connectivity index (χ0n) is 9.83. The Balaban J connectivity index is 1.76. The van der Waals surface area contributed by atoms with Crippen molar-refractivity contribution in [3.8, 4) is 0 Å². The van der Waals surface area contributed by atoms with Crippen LogP contribution in [0.4, 0.5) is 0 Å². The fraction of sp³-hybridized carbons (Fsp3) is 0.917. The zero-order valence-corrected chi connectivity index (χ0v) is 9.83. The summed E-state index contributed by atoms with van der Waals surface area (Å²) in [7, 11) is 0. The van der Waals surface area contributed by atoms with E-state index in [0.717, 1.165) is 38.5 Å². The summed E-state index contributed by atoms with van der Waals surface area (Å²) in [5, 5.41) is 3.21. The molecule has 1 atom stereocenters. The van der Waals surface area contributed by atoms with Crippen LogP contribution in [0.5, 0.6) is 0 Å². The molecule has 2 aliphatic rings. The van der Waals surface area contributed by atoms with Gasteiger partial charge in [-0.2, -0.15) is 0 Å². The van der Waals surface area contributed by atoms with Crippen molar-refractivity contribution in [2.24, 2.45) is 17.8 Å². The molecule has 1 amide bonds. The van der Waals surface area contributed by atoms with Crippen molar-refractivity contribution in [2.45, 2.75) is 26.7 Å². The van der Waals surface area contributed by atoms with E-state index in [2.05, 4.69) is 24.1 Å². The molecule has 15 heavy (non-hydrogen) atoms. The summed E-state index contributed by atoms with van der Waals surface area (Å²) in [6, 6.07) is 0. The van der Waals surface area contributed by atoms with Gasteiger partial charge < -0.3 is 10.2 Å². The molecule has 2 heterocycles. The molecule has 2 fully saturated rings. The molecule has 2 aliphatic heterocycles. The molecule has 0 aromatic heterocycles. The topological polar surface area (TPSA) is 32.3 Å². The summed E-state index contributed by atoms with van der Waals surface area (Å²) in [5.74, 6) is 2.43. The highest BCUT2D eigenvalue weighted by atomic mass is 16.2. The minimum Gasteiger partial charge on any atom is -0.342 e. The number of hydrogen-bond acceptors (Lipinski definition) is 2. The molecule has 0 spiro atoms. The first-order valence-electron chi connectivity index (χ1n) is 6.15. The molecule has 3 nitrogen and oxygen atoms in total. The molecular formula is C12H22N2O. The van der Waals surface area contributed by atoms with Gasteiger partial charge in [-0.1, -0.05) is 13.8 Å². The van der Waals surface area contributed by atoms with E-state index in [-0.39, 0.29) is 0 Å². The van der Waals surface area contributed by atoms with E-state index in [0.29, 0.717) is 17.7 Å². The van der Waals surface area contributed by atoms with Gasteiger partial charge in [0.2, 0.25) is 5.91 Å². The number of rotatable bonds is 3. The molecule has 1 N–H and O–H groups in total. The standard InChI is InChI=1S/C12H22N2O/c1-9(2)11-3-4-14(8-11)12(15)5-10-6-13-7-10/h9-11,13H,3-8H2,1-2H3. The van der Waals surface area contributed by atoms with Gasteiger partial charge in [-0.15, -0.1) is 0 Å². The molecule has 0 radical (unpaired) electrons. The Labute approximate surface area is 92.2 Å². The number of nitrogens with zero attached hydrogens (tertiary/aromatic N) is 1. The maximum atomic E-state index is 11.9. The Morgan fingerprint density at radius 3 is 2.67 bits per heavy atom. The molecule has 1 unspecified atom stereocenters. The molecule has 0 saturated carbocycles. The van der Waals surface area contributed by atoms with Gasteiger partial charge in [0.25, 0.3) is 0 Å². The van der Waals surface area contributed by atoms with Crippen molar-refractivity contribution in [3.05, 3.63) is 0 Å². The SMILES string of the molecule is CC(C)C1CCN(C(=O)CC2CNC2)C1. The van der Waals surface area contributed by atoms with Crippen LogP contribution in [0.2, 0.25) is 0 Å². The predicted octanol–water partition coefficient (Wildman–Crippen LogP) is 1.10. The highest BCUT2D eigenvalue weighted by Gasteiger charge is 2.30. The maximum absolute atomic E-state index is 11.9. The molecule has 0 bridgehead atoms.